The van der Waals surface area contributed by atoms with Crippen LogP contribution in [-0.2, 0) is 4.79 Å². The first-order valence-corrected chi connectivity index (χ1v) is 3.72. The van der Waals surface area contributed by atoms with E-state index in [1.54, 1.807) is 0 Å². The highest BCUT2D eigenvalue weighted by Crippen LogP contribution is 2.25. The Morgan fingerprint density at radius 3 is 2.50 bits per heavy atom. The first kappa shape index (κ1) is 7.32. The molecule has 0 aromatic rings. The fourth-order valence-electron chi connectivity index (χ4n) is 1.42. The van der Waals surface area contributed by atoms with Crippen LogP contribution in [0.1, 0.15) is 20.3 Å². The van der Waals surface area contributed by atoms with Gasteiger partial charge in [0, 0.05) is 12.1 Å². The largest absolute Gasteiger partial charge is 0.332 e. The van der Waals surface area contributed by atoms with E-state index in [-0.39, 0.29) is 5.91 Å². The molecule has 1 fully saturated rings. The van der Waals surface area contributed by atoms with Crippen LogP contribution in [0.4, 0.5) is 0 Å². The van der Waals surface area contributed by atoms with Crippen molar-refractivity contribution >= 4 is 5.91 Å². The number of nitrogens with zero attached hydrogens (tertiary/aromatic N) is 1. The molecule has 1 amide bonds. The minimum Gasteiger partial charge on any atom is -0.332 e. The van der Waals surface area contributed by atoms with Gasteiger partial charge in [0.15, 0.2) is 0 Å². The van der Waals surface area contributed by atoms with Crippen LogP contribution in [0.15, 0.2) is 12.2 Å². The number of rotatable bonds is 2. The summed E-state index contributed by atoms with van der Waals surface area (Å²) in [5, 5.41) is 0. The molecule has 0 aromatic carbocycles. The Hall–Kier alpha value is -0.790. The minimum atomic E-state index is 0.134. The van der Waals surface area contributed by atoms with Gasteiger partial charge >= 0.3 is 0 Å². The van der Waals surface area contributed by atoms with Crippen LogP contribution >= 0.6 is 0 Å². The molecule has 1 heterocycles. The minimum absolute atomic E-state index is 0.134. The highest BCUT2D eigenvalue weighted by atomic mass is 16.2. The summed E-state index contributed by atoms with van der Waals surface area (Å²) in [6.45, 7) is 8.58. The smallest absolute Gasteiger partial charge is 0.251 e. The zero-order valence-corrected chi connectivity index (χ0v) is 6.55. The molecule has 1 aliphatic rings. The van der Waals surface area contributed by atoms with Gasteiger partial charge in [-0.3, -0.25) is 4.79 Å². The Labute approximate surface area is 61.5 Å². The average Bonchev–Trinajstić information content (AvgIpc) is 1.97. The maximum absolute atomic E-state index is 11.0. The molecule has 0 bridgehead atoms. The normalized spacial score (nSPS) is 25.0. The number of carbonyl (C=O) groups excluding carboxylic acids is 1. The number of hydrogen-bond donors (Lipinski definition) is 0. The molecule has 0 aromatic heterocycles. The number of amides is 1. The number of likely N-dealkylation sites (tertiary alicyclic amines) is 1. The molecular weight excluding hydrogens is 126 g/mol. The van der Waals surface area contributed by atoms with Crippen molar-refractivity contribution in [2.24, 2.45) is 0 Å². The summed E-state index contributed by atoms with van der Waals surface area (Å²) in [7, 11) is 0. The third-order valence-electron chi connectivity index (χ3n) is 2.04. The SMILES string of the molecule is C=C1C(=O)N(CC)C1CC. The number of likely N-dealkylation sites (N-methyl/N-ethyl adjacent to an activating group) is 1. The van der Waals surface area contributed by atoms with Crippen LogP contribution in [0.2, 0.25) is 0 Å². The third-order valence-corrected chi connectivity index (χ3v) is 2.04. The van der Waals surface area contributed by atoms with E-state index < -0.39 is 0 Å². The molecule has 0 spiro atoms. The Bertz CT molecular complexity index is 154. The predicted octanol–water partition coefficient (Wildman–Crippen LogP) is 1.18. The second-order valence-electron chi connectivity index (χ2n) is 2.54. The van der Waals surface area contributed by atoms with Gasteiger partial charge in [-0.2, -0.15) is 0 Å². The third kappa shape index (κ3) is 0.753. The molecule has 56 valence electrons. The second kappa shape index (κ2) is 2.45. The molecular formula is C8H13NO. The zero-order chi connectivity index (χ0) is 7.72. The van der Waals surface area contributed by atoms with Crippen molar-refractivity contribution in [1.82, 2.24) is 4.90 Å². The lowest BCUT2D eigenvalue weighted by Gasteiger charge is -2.41. The molecule has 0 saturated carbocycles. The van der Waals surface area contributed by atoms with Crippen molar-refractivity contribution in [2.45, 2.75) is 26.3 Å². The summed E-state index contributed by atoms with van der Waals surface area (Å²) < 4.78 is 0. The lowest BCUT2D eigenvalue weighted by atomic mass is 9.94. The van der Waals surface area contributed by atoms with E-state index in [2.05, 4.69) is 13.5 Å². The van der Waals surface area contributed by atoms with Crippen molar-refractivity contribution in [1.29, 1.82) is 0 Å². The maximum atomic E-state index is 11.0. The van der Waals surface area contributed by atoms with Gasteiger partial charge in [-0.25, -0.2) is 0 Å². The van der Waals surface area contributed by atoms with Gasteiger partial charge in [0.2, 0.25) is 0 Å². The number of carbonyl (C=O) groups is 1. The lowest BCUT2D eigenvalue weighted by molar-refractivity contribution is -0.136. The van der Waals surface area contributed by atoms with Crippen LogP contribution in [0.3, 0.4) is 0 Å². The van der Waals surface area contributed by atoms with Gasteiger partial charge in [-0.05, 0) is 13.3 Å². The van der Waals surface area contributed by atoms with Crippen LogP contribution in [-0.4, -0.2) is 23.4 Å². The average molecular weight is 139 g/mol. The molecule has 1 saturated heterocycles. The summed E-state index contributed by atoms with van der Waals surface area (Å²) in [5.74, 6) is 0.134. The topological polar surface area (TPSA) is 20.3 Å². The van der Waals surface area contributed by atoms with Crippen molar-refractivity contribution < 1.29 is 4.79 Å². The number of β-lactam (4-membered cyclic amide) rings is 1. The van der Waals surface area contributed by atoms with E-state index in [1.165, 1.54) is 0 Å². The standard InChI is InChI=1S/C8H13NO/c1-4-7-6(3)8(10)9(7)5-2/h7H,3-5H2,1-2H3. The highest BCUT2D eigenvalue weighted by Gasteiger charge is 2.37. The van der Waals surface area contributed by atoms with E-state index >= 15 is 0 Å². The van der Waals surface area contributed by atoms with Gasteiger partial charge in [0.25, 0.3) is 5.91 Å². The Morgan fingerprint density at radius 2 is 2.20 bits per heavy atom. The van der Waals surface area contributed by atoms with Gasteiger partial charge in [0.1, 0.15) is 0 Å². The van der Waals surface area contributed by atoms with Crippen LogP contribution in [0.5, 0.6) is 0 Å². The highest BCUT2D eigenvalue weighted by molar-refractivity contribution is 6.01. The summed E-state index contributed by atoms with van der Waals surface area (Å²) >= 11 is 0. The van der Waals surface area contributed by atoms with E-state index in [0.717, 1.165) is 18.5 Å². The fraction of sp³-hybridized carbons (Fsp3) is 0.625. The molecule has 0 aliphatic carbocycles. The van der Waals surface area contributed by atoms with Crippen molar-refractivity contribution in [3.8, 4) is 0 Å². The molecule has 1 aliphatic heterocycles. The molecule has 0 radical (unpaired) electrons. The first-order chi connectivity index (χ1) is 4.72. The van der Waals surface area contributed by atoms with Gasteiger partial charge in [-0.1, -0.05) is 13.5 Å². The van der Waals surface area contributed by atoms with Crippen molar-refractivity contribution in [3.05, 3.63) is 12.2 Å². The van der Waals surface area contributed by atoms with Gasteiger partial charge in [0.05, 0.1) is 6.04 Å². The molecule has 1 unspecified atom stereocenters. The van der Waals surface area contributed by atoms with Crippen LogP contribution in [0, 0.1) is 0 Å². The molecule has 0 N–H and O–H groups in total. The summed E-state index contributed by atoms with van der Waals surface area (Å²) in [5.41, 5.74) is 0.782. The van der Waals surface area contributed by atoms with E-state index in [9.17, 15) is 4.79 Å². The predicted molar refractivity (Wildman–Crippen MR) is 40.6 cm³/mol. The quantitative estimate of drug-likeness (QED) is 0.415. The second-order valence-corrected chi connectivity index (χ2v) is 2.54. The van der Waals surface area contributed by atoms with Gasteiger partial charge < -0.3 is 4.90 Å². The van der Waals surface area contributed by atoms with E-state index in [4.69, 9.17) is 0 Å². The summed E-state index contributed by atoms with van der Waals surface area (Å²) in [6.07, 6.45) is 0.998. The first-order valence-electron chi connectivity index (χ1n) is 3.72. The van der Waals surface area contributed by atoms with Crippen molar-refractivity contribution in [3.63, 3.8) is 0 Å². The van der Waals surface area contributed by atoms with Crippen LogP contribution in [0.25, 0.3) is 0 Å². The number of hydrogen-bond acceptors (Lipinski definition) is 1. The van der Waals surface area contributed by atoms with Crippen LogP contribution < -0.4 is 0 Å². The zero-order valence-electron chi connectivity index (χ0n) is 6.55. The molecule has 2 nitrogen and oxygen atoms in total. The molecule has 1 atom stereocenters. The molecule has 2 heteroatoms. The van der Waals surface area contributed by atoms with Crippen molar-refractivity contribution in [2.75, 3.05) is 6.54 Å². The summed E-state index contributed by atoms with van der Waals surface area (Å²) in [6, 6.07) is 0.331. The van der Waals surface area contributed by atoms with Gasteiger partial charge in [-0.15, -0.1) is 0 Å². The molecule has 10 heavy (non-hydrogen) atoms. The fourth-order valence-corrected chi connectivity index (χ4v) is 1.42. The summed E-state index contributed by atoms with van der Waals surface area (Å²) in [4.78, 5) is 12.8. The Morgan fingerprint density at radius 1 is 1.60 bits per heavy atom. The monoisotopic (exact) mass is 139 g/mol. The molecule has 1 rings (SSSR count). The lowest BCUT2D eigenvalue weighted by Crippen LogP contribution is -2.53. The Balaban J connectivity index is 2.60. The Kier molecular flexibility index (Phi) is 1.79. The van der Waals surface area contributed by atoms with E-state index in [1.807, 2.05) is 11.8 Å². The maximum Gasteiger partial charge on any atom is 0.251 e. The van der Waals surface area contributed by atoms with E-state index in [0.29, 0.717) is 6.04 Å².